The van der Waals surface area contributed by atoms with Gasteiger partial charge in [0.1, 0.15) is 0 Å². The molecule has 0 radical (unpaired) electrons. The number of hydrogen-bond donors (Lipinski definition) is 6. The standard InChI is InChI=1S/C20H24I2N6O2/c21-13-1-5-17(6-2-13)25-27-19(29)23-15-9-11-16(12-10-15)24-20(30)28-26-18-7-3-14(22)4-8-18/h1-8,15-16,25-26H,9-12H2,(H2,23,27,29)(H2,24,28,30). The zero-order valence-corrected chi connectivity index (χ0v) is 20.5. The summed E-state index contributed by atoms with van der Waals surface area (Å²) in [6.07, 6.45) is 3.25. The first-order chi connectivity index (χ1) is 14.5. The third kappa shape index (κ3) is 7.70. The van der Waals surface area contributed by atoms with Gasteiger partial charge in [-0.3, -0.25) is 21.7 Å². The summed E-state index contributed by atoms with van der Waals surface area (Å²) in [6, 6.07) is 15.1. The molecule has 0 bridgehead atoms. The maximum atomic E-state index is 12.1. The van der Waals surface area contributed by atoms with E-state index in [1.165, 1.54) is 0 Å². The maximum absolute atomic E-state index is 12.1. The number of hydrogen-bond acceptors (Lipinski definition) is 4. The molecule has 1 saturated carbocycles. The minimum absolute atomic E-state index is 0.0922. The Morgan fingerprint density at radius 2 is 0.967 bits per heavy atom. The average Bonchev–Trinajstić information content (AvgIpc) is 2.74. The lowest BCUT2D eigenvalue weighted by atomic mass is 9.91. The van der Waals surface area contributed by atoms with Gasteiger partial charge < -0.3 is 10.6 Å². The van der Waals surface area contributed by atoms with Crippen LogP contribution in [0.15, 0.2) is 48.5 Å². The lowest BCUT2D eigenvalue weighted by Gasteiger charge is -2.29. The van der Waals surface area contributed by atoms with Gasteiger partial charge in [-0.05, 0) is 119 Å². The Balaban J connectivity index is 1.31. The van der Waals surface area contributed by atoms with Gasteiger partial charge in [0.2, 0.25) is 0 Å². The van der Waals surface area contributed by atoms with Gasteiger partial charge >= 0.3 is 12.1 Å². The molecule has 0 spiro atoms. The molecule has 0 aromatic heterocycles. The summed E-state index contributed by atoms with van der Waals surface area (Å²) in [7, 11) is 0. The number of halogens is 2. The van der Waals surface area contributed by atoms with E-state index < -0.39 is 0 Å². The summed E-state index contributed by atoms with van der Waals surface area (Å²) in [5.41, 5.74) is 12.7. The van der Waals surface area contributed by atoms with Crippen molar-refractivity contribution in [2.45, 2.75) is 37.8 Å². The molecule has 2 aromatic carbocycles. The van der Waals surface area contributed by atoms with Crippen LogP contribution in [0.1, 0.15) is 25.7 Å². The number of benzene rings is 2. The van der Waals surface area contributed by atoms with Gasteiger partial charge in [0.25, 0.3) is 0 Å². The quantitative estimate of drug-likeness (QED) is 0.212. The SMILES string of the molecule is O=C(NNc1ccc(I)cc1)NC1CCC(NC(=O)NNc2ccc(I)cc2)CC1. The normalized spacial score (nSPS) is 18.1. The van der Waals surface area contributed by atoms with Crippen LogP contribution < -0.4 is 32.3 Å². The van der Waals surface area contributed by atoms with Crippen molar-refractivity contribution in [3.8, 4) is 0 Å². The van der Waals surface area contributed by atoms with Crippen LogP contribution in [-0.2, 0) is 0 Å². The van der Waals surface area contributed by atoms with E-state index in [9.17, 15) is 9.59 Å². The van der Waals surface area contributed by atoms with Gasteiger partial charge in [0, 0.05) is 19.2 Å². The monoisotopic (exact) mass is 634 g/mol. The summed E-state index contributed by atoms with van der Waals surface area (Å²) >= 11 is 4.46. The van der Waals surface area contributed by atoms with Crippen molar-refractivity contribution < 1.29 is 9.59 Å². The van der Waals surface area contributed by atoms with Crippen LogP contribution in [0.4, 0.5) is 21.0 Å². The Hall–Kier alpha value is -1.96. The zero-order chi connectivity index (χ0) is 21.3. The van der Waals surface area contributed by atoms with E-state index in [4.69, 9.17) is 0 Å². The molecule has 8 nitrogen and oxygen atoms in total. The van der Waals surface area contributed by atoms with Crippen LogP contribution in [0.5, 0.6) is 0 Å². The molecule has 1 aliphatic carbocycles. The van der Waals surface area contributed by atoms with Gasteiger partial charge in [-0.25, -0.2) is 9.59 Å². The molecular weight excluding hydrogens is 610 g/mol. The van der Waals surface area contributed by atoms with Crippen LogP contribution in [0.3, 0.4) is 0 Å². The molecular formula is C20H24I2N6O2. The fraction of sp³-hybridized carbons (Fsp3) is 0.300. The van der Waals surface area contributed by atoms with E-state index in [-0.39, 0.29) is 24.1 Å². The molecule has 0 saturated heterocycles. The van der Waals surface area contributed by atoms with Gasteiger partial charge in [-0.2, -0.15) is 0 Å². The van der Waals surface area contributed by atoms with Gasteiger partial charge in [-0.1, -0.05) is 0 Å². The minimum atomic E-state index is -0.260. The van der Waals surface area contributed by atoms with Crippen LogP contribution >= 0.6 is 45.2 Å². The molecule has 1 aliphatic rings. The van der Waals surface area contributed by atoms with E-state index in [1.807, 2.05) is 48.5 Å². The molecule has 3 rings (SSSR count). The number of amides is 4. The second-order valence-corrected chi connectivity index (χ2v) is 9.50. The summed E-state index contributed by atoms with van der Waals surface area (Å²) in [5, 5.41) is 5.94. The van der Waals surface area contributed by atoms with Crippen molar-refractivity contribution in [1.82, 2.24) is 21.5 Å². The fourth-order valence-electron chi connectivity index (χ4n) is 3.15. The molecule has 6 N–H and O–H groups in total. The minimum Gasteiger partial charge on any atom is -0.334 e. The van der Waals surface area contributed by atoms with Crippen molar-refractivity contribution in [3.05, 3.63) is 55.7 Å². The second-order valence-electron chi connectivity index (χ2n) is 7.01. The summed E-state index contributed by atoms with van der Waals surface area (Å²) in [6.45, 7) is 0. The number of nitrogens with one attached hydrogen (secondary N) is 6. The molecule has 2 aromatic rings. The number of anilines is 2. The smallest absolute Gasteiger partial charge is 0.333 e. The van der Waals surface area contributed by atoms with E-state index in [2.05, 4.69) is 77.5 Å². The third-order valence-corrected chi connectivity index (χ3v) is 6.17. The predicted octanol–water partition coefficient (Wildman–Crippen LogP) is 4.16. The highest BCUT2D eigenvalue weighted by molar-refractivity contribution is 14.1. The van der Waals surface area contributed by atoms with Crippen LogP contribution in [0.25, 0.3) is 0 Å². The average molecular weight is 634 g/mol. The van der Waals surface area contributed by atoms with Crippen molar-refractivity contribution in [2.75, 3.05) is 10.9 Å². The van der Waals surface area contributed by atoms with Gasteiger partial charge in [0.05, 0.1) is 11.4 Å². The number of hydrazine groups is 2. The first-order valence-electron chi connectivity index (χ1n) is 9.64. The van der Waals surface area contributed by atoms with Crippen LogP contribution in [0, 0.1) is 7.14 Å². The third-order valence-electron chi connectivity index (χ3n) is 4.73. The molecule has 4 amide bonds. The Kier molecular flexibility index (Phi) is 8.66. The van der Waals surface area contributed by atoms with E-state index in [1.54, 1.807) is 0 Å². The molecule has 0 aliphatic heterocycles. The molecule has 1 fully saturated rings. The summed E-state index contributed by atoms with van der Waals surface area (Å²) < 4.78 is 2.26. The highest BCUT2D eigenvalue weighted by Crippen LogP contribution is 2.18. The lowest BCUT2D eigenvalue weighted by molar-refractivity contribution is 0.223. The molecule has 160 valence electrons. The van der Waals surface area contributed by atoms with E-state index in [0.29, 0.717) is 0 Å². The molecule has 0 unspecified atom stereocenters. The molecule has 30 heavy (non-hydrogen) atoms. The highest BCUT2D eigenvalue weighted by atomic mass is 127. The number of urea groups is 2. The maximum Gasteiger partial charge on any atom is 0.333 e. The Bertz CT molecular complexity index is 768. The largest absolute Gasteiger partial charge is 0.334 e. The number of rotatable bonds is 6. The van der Waals surface area contributed by atoms with E-state index in [0.717, 1.165) is 44.2 Å². The second kappa shape index (κ2) is 11.4. The van der Waals surface area contributed by atoms with Gasteiger partial charge in [-0.15, -0.1) is 0 Å². The van der Waals surface area contributed by atoms with Crippen LogP contribution in [0.2, 0.25) is 0 Å². The summed E-state index contributed by atoms with van der Waals surface area (Å²) in [5.74, 6) is 0. The van der Waals surface area contributed by atoms with Crippen LogP contribution in [-0.4, -0.2) is 24.1 Å². The number of carbonyl (C=O) groups is 2. The van der Waals surface area contributed by atoms with Crippen molar-refractivity contribution in [3.63, 3.8) is 0 Å². The Morgan fingerprint density at radius 3 is 1.30 bits per heavy atom. The highest BCUT2D eigenvalue weighted by Gasteiger charge is 2.23. The fourth-order valence-corrected chi connectivity index (χ4v) is 3.87. The first kappa shape index (κ1) is 22.7. The zero-order valence-electron chi connectivity index (χ0n) is 16.2. The molecule has 0 heterocycles. The first-order valence-corrected chi connectivity index (χ1v) is 11.8. The lowest BCUT2D eigenvalue weighted by Crippen LogP contribution is -2.49. The summed E-state index contributed by atoms with van der Waals surface area (Å²) in [4.78, 5) is 24.2. The van der Waals surface area contributed by atoms with Crippen molar-refractivity contribution >= 4 is 68.6 Å². The predicted molar refractivity (Wildman–Crippen MR) is 135 cm³/mol. The topological polar surface area (TPSA) is 106 Å². The van der Waals surface area contributed by atoms with Crippen molar-refractivity contribution in [1.29, 1.82) is 0 Å². The van der Waals surface area contributed by atoms with Gasteiger partial charge in [0.15, 0.2) is 0 Å². The molecule has 10 heteroatoms. The molecule has 0 atom stereocenters. The Morgan fingerprint density at radius 1 is 0.633 bits per heavy atom. The Labute approximate surface area is 202 Å². The van der Waals surface area contributed by atoms with Crippen molar-refractivity contribution in [2.24, 2.45) is 0 Å². The number of carbonyl (C=O) groups excluding carboxylic acids is 2. The van der Waals surface area contributed by atoms with E-state index >= 15 is 0 Å².